The second-order valence-corrected chi connectivity index (χ2v) is 2.57. The number of terminal acetylenes is 1. The second-order valence-electron chi connectivity index (χ2n) is 2.19. The number of ether oxygens (including phenoxy) is 1. The fourth-order valence-corrected chi connectivity index (χ4v) is 0.831. The van der Waals surface area contributed by atoms with Crippen molar-refractivity contribution in [1.82, 2.24) is 4.98 Å². The lowest BCUT2D eigenvalue weighted by Gasteiger charge is -1.99. The van der Waals surface area contributed by atoms with E-state index in [2.05, 4.69) is 10.9 Å². The smallest absolute Gasteiger partial charge is 0.129 e. The Labute approximate surface area is 76.5 Å². The number of rotatable bonds is 3. The van der Waals surface area contributed by atoms with Crippen molar-refractivity contribution in [3.8, 4) is 12.3 Å². The standard InChI is InChI=1S/C9H8ClNO/c1-2-5-12-7-8-3-4-9(10)11-6-8/h1,3-4,6H,5,7H2. The monoisotopic (exact) mass is 181 g/mol. The van der Waals surface area contributed by atoms with Gasteiger partial charge in [-0.3, -0.25) is 0 Å². The molecule has 0 bridgehead atoms. The maximum atomic E-state index is 5.59. The van der Waals surface area contributed by atoms with Crippen LogP contribution in [0, 0.1) is 12.3 Å². The van der Waals surface area contributed by atoms with E-state index in [9.17, 15) is 0 Å². The Morgan fingerprint density at radius 1 is 1.58 bits per heavy atom. The molecule has 1 heterocycles. The summed E-state index contributed by atoms with van der Waals surface area (Å²) in [4.78, 5) is 3.89. The summed E-state index contributed by atoms with van der Waals surface area (Å²) in [6.45, 7) is 0.803. The zero-order valence-electron chi connectivity index (χ0n) is 6.46. The van der Waals surface area contributed by atoms with Gasteiger partial charge in [0.2, 0.25) is 0 Å². The molecule has 1 rings (SSSR count). The van der Waals surface area contributed by atoms with Crippen LogP contribution in [0.2, 0.25) is 5.15 Å². The second kappa shape index (κ2) is 4.76. The van der Waals surface area contributed by atoms with Crippen LogP contribution >= 0.6 is 11.6 Å². The van der Waals surface area contributed by atoms with Crippen LogP contribution in [0.15, 0.2) is 18.3 Å². The summed E-state index contributed by atoms with van der Waals surface area (Å²) >= 11 is 5.59. The molecule has 0 unspecified atom stereocenters. The van der Waals surface area contributed by atoms with Gasteiger partial charge in [-0.2, -0.15) is 0 Å². The Balaban J connectivity index is 2.43. The predicted molar refractivity (Wildman–Crippen MR) is 47.7 cm³/mol. The lowest BCUT2D eigenvalue weighted by atomic mass is 10.3. The zero-order valence-corrected chi connectivity index (χ0v) is 7.21. The van der Waals surface area contributed by atoms with Crippen LogP contribution in [0.5, 0.6) is 0 Å². The van der Waals surface area contributed by atoms with E-state index in [0.717, 1.165) is 5.56 Å². The number of aromatic nitrogens is 1. The van der Waals surface area contributed by atoms with Crippen molar-refractivity contribution >= 4 is 11.6 Å². The zero-order chi connectivity index (χ0) is 8.81. The normalized spacial score (nSPS) is 9.33. The topological polar surface area (TPSA) is 22.1 Å². The van der Waals surface area contributed by atoms with Crippen LogP contribution in [0.4, 0.5) is 0 Å². The summed E-state index contributed by atoms with van der Waals surface area (Å²) in [6, 6.07) is 3.57. The SMILES string of the molecule is C#CCOCc1ccc(Cl)nc1. The fraction of sp³-hybridized carbons (Fsp3) is 0.222. The Kier molecular flexibility index (Phi) is 3.59. The van der Waals surface area contributed by atoms with E-state index < -0.39 is 0 Å². The van der Waals surface area contributed by atoms with Crippen LogP contribution < -0.4 is 0 Å². The van der Waals surface area contributed by atoms with E-state index in [1.807, 2.05) is 6.07 Å². The summed E-state index contributed by atoms with van der Waals surface area (Å²) in [5.74, 6) is 2.38. The Morgan fingerprint density at radius 3 is 3.00 bits per heavy atom. The molecule has 0 N–H and O–H groups in total. The molecule has 62 valence electrons. The first-order chi connectivity index (χ1) is 5.83. The third-order valence-corrected chi connectivity index (χ3v) is 1.47. The molecule has 0 radical (unpaired) electrons. The van der Waals surface area contributed by atoms with Crippen molar-refractivity contribution in [2.75, 3.05) is 6.61 Å². The van der Waals surface area contributed by atoms with E-state index in [0.29, 0.717) is 18.4 Å². The summed E-state index contributed by atoms with van der Waals surface area (Å²) in [7, 11) is 0. The Hall–Kier alpha value is -1.04. The van der Waals surface area contributed by atoms with Crippen molar-refractivity contribution in [2.45, 2.75) is 6.61 Å². The number of halogens is 1. The molecule has 0 aliphatic carbocycles. The minimum atomic E-state index is 0.322. The van der Waals surface area contributed by atoms with Gasteiger partial charge in [-0.15, -0.1) is 6.42 Å². The van der Waals surface area contributed by atoms with Crippen molar-refractivity contribution in [3.05, 3.63) is 29.0 Å². The molecule has 0 atom stereocenters. The highest BCUT2D eigenvalue weighted by molar-refractivity contribution is 6.29. The van der Waals surface area contributed by atoms with Gasteiger partial charge in [-0.1, -0.05) is 23.6 Å². The first-order valence-electron chi connectivity index (χ1n) is 3.44. The van der Waals surface area contributed by atoms with Gasteiger partial charge in [0.05, 0.1) is 6.61 Å². The highest BCUT2D eigenvalue weighted by Crippen LogP contribution is 2.05. The maximum Gasteiger partial charge on any atom is 0.129 e. The van der Waals surface area contributed by atoms with Crippen LogP contribution in [-0.2, 0) is 11.3 Å². The molecular weight excluding hydrogens is 174 g/mol. The van der Waals surface area contributed by atoms with Gasteiger partial charge in [0.1, 0.15) is 11.8 Å². The van der Waals surface area contributed by atoms with Gasteiger partial charge in [0, 0.05) is 6.20 Å². The molecule has 1 aromatic heterocycles. The average Bonchev–Trinajstić information content (AvgIpc) is 2.09. The van der Waals surface area contributed by atoms with Crippen LogP contribution in [0.25, 0.3) is 0 Å². The largest absolute Gasteiger partial charge is 0.364 e. The molecule has 0 spiro atoms. The molecule has 12 heavy (non-hydrogen) atoms. The molecule has 1 aromatic rings. The van der Waals surface area contributed by atoms with Gasteiger partial charge in [0.25, 0.3) is 0 Å². The summed E-state index contributed by atoms with van der Waals surface area (Å²) in [5, 5.41) is 0.482. The Bertz CT molecular complexity index is 276. The first kappa shape index (κ1) is 9.05. The molecule has 0 fully saturated rings. The van der Waals surface area contributed by atoms with Crippen LogP contribution in [0.3, 0.4) is 0 Å². The molecule has 0 saturated heterocycles. The quantitative estimate of drug-likeness (QED) is 0.404. The summed E-state index contributed by atoms with van der Waals surface area (Å²) in [6.07, 6.45) is 6.67. The van der Waals surface area contributed by atoms with E-state index in [-0.39, 0.29) is 0 Å². The lowest BCUT2D eigenvalue weighted by Crippen LogP contribution is -1.93. The van der Waals surface area contributed by atoms with E-state index in [4.69, 9.17) is 22.8 Å². The third-order valence-electron chi connectivity index (χ3n) is 1.24. The predicted octanol–water partition coefficient (Wildman–Crippen LogP) is 1.88. The van der Waals surface area contributed by atoms with Crippen molar-refractivity contribution in [2.24, 2.45) is 0 Å². The molecular formula is C9H8ClNO. The molecule has 0 aromatic carbocycles. The van der Waals surface area contributed by atoms with Gasteiger partial charge in [-0.05, 0) is 11.6 Å². The fourth-order valence-electron chi connectivity index (χ4n) is 0.720. The highest BCUT2D eigenvalue weighted by Gasteiger charge is 1.92. The highest BCUT2D eigenvalue weighted by atomic mass is 35.5. The number of hydrogen-bond acceptors (Lipinski definition) is 2. The van der Waals surface area contributed by atoms with Crippen molar-refractivity contribution in [3.63, 3.8) is 0 Å². The van der Waals surface area contributed by atoms with Crippen molar-refractivity contribution < 1.29 is 4.74 Å². The van der Waals surface area contributed by atoms with Gasteiger partial charge < -0.3 is 4.74 Å². The molecule has 0 aliphatic rings. The van der Waals surface area contributed by atoms with Gasteiger partial charge in [0.15, 0.2) is 0 Å². The molecule has 3 heteroatoms. The molecule has 0 saturated carbocycles. The van der Waals surface area contributed by atoms with Crippen LogP contribution in [0.1, 0.15) is 5.56 Å². The number of pyridine rings is 1. The van der Waals surface area contributed by atoms with Crippen LogP contribution in [-0.4, -0.2) is 11.6 Å². The lowest BCUT2D eigenvalue weighted by molar-refractivity contribution is 0.153. The number of hydrogen-bond donors (Lipinski definition) is 0. The molecule has 0 amide bonds. The van der Waals surface area contributed by atoms with E-state index >= 15 is 0 Å². The summed E-state index contributed by atoms with van der Waals surface area (Å²) < 4.78 is 5.09. The minimum absolute atomic E-state index is 0.322. The first-order valence-corrected chi connectivity index (χ1v) is 3.82. The van der Waals surface area contributed by atoms with E-state index in [1.54, 1.807) is 12.3 Å². The molecule has 0 aliphatic heterocycles. The van der Waals surface area contributed by atoms with Gasteiger partial charge in [-0.25, -0.2) is 4.98 Å². The summed E-state index contributed by atoms with van der Waals surface area (Å²) in [5.41, 5.74) is 0.967. The maximum absolute atomic E-state index is 5.59. The average molecular weight is 182 g/mol. The van der Waals surface area contributed by atoms with E-state index in [1.165, 1.54) is 0 Å². The number of nitrogens with zero attached hydrogens (tertiary/aromatic N) is 1. The Morgan fingerprint density at radius 2 is 2.42 bits per heavy atom. The van der Waals surface area contributed by atoms with Gasteiger partial charge >= 0.3 is 0 Å². The third kappa shape index (κ3) is 2.91. The molecule has 2 nitrogen and oxygen atoms in total. The van der Waals surface area contributed by atoms with Crippen molar-refractivity contribution in [1.29, 1.82) is 0 Å². The minimum Gasteiger partial charge on any atom is -0.364 e.